The molecule has 0 radical (unpaired) electrons. The molecule has 2 amide bonds. The van der Waals surface area contributed by atoms with Gasteiger partial charge in [-0.15, -0.1) is 0 Å². The molecule has 1 atom stereocenters. The largest absolute Gasteiger partial charge is 0.465 e. The van der Waals surface area contributed by atoms with Gasteiger partial charge >= 0.3 is 5.97 Å². The SMILES string of the molecule is CC(C)C(=O)OCCSSC(C)(C)CCC(=O)CCCC(=O)N(C)CC(=O)N[C@@H](C)C(=O)C(C)C. The van der Waals surface area contributed by atoms with Crippen LogP contribution in [-0.2, 0) is 28.7 Å². The van der Waals surface area contributed by atoms with Crippen LogP contribution in [0.5, 0.6) is 0 Å². The van der Waals surface area contributed by atoms with Gasteiger partial charge in [-0.2, -0.15) is 0 Å². The summed E-state index contributed by atoms with van der Waals surface area (Å²) in [5, 5.41) is 2.62. The number of carbonyl (C=O) groups is 5. The summed E-state index contributed by atoms with van der Waals surface area (Å²) in [6, 6.07) is -0.591. The first-order chi connectivity index (χ1) is 16.2. The highest BCUT2D eigenvalue weighted by atomic mass is 33.1. The summed E-state index contributed by atoms with van der Waals surface area (Å²) in [7, 11) is 4.85. The molecule has 0 aliphatic carbocycles. The normalized spacial score (nSPS) is 12.4. The van der Waals surface area contributed by atoms with Crippen LogP contribution in [-0.4, -0.2) is 71.0 Å². The van der Waals surface area contributed by atoms with E-state index in [1.54, 1.807) is 63.3 Å². The predicted molar refractivity (Wildman–Crippen MR) is 143 cm³/mol. The standard InChI is InChI=1S/C25H44N2O6S2/c1-17(2)23(31)19(5)26-21(29)16-27(8)22(30)11-9-10-20(28)12-13-25(6,7)35-34-15-14-33-24(32)18(3)4/h17-19H,9-16H2,1-8H3,(H,26,29)/t19-/m0/s1. The Labute approximate surface area is 218 Å². The summed E-state index contributed by atoms with van der Waals surface area (Å²) in [4.78, 5) is 61.3. The van der Waals surface area contributed by atoms with Gasteiger partial charge in [-0.3, -0.25) is 24.0 Å². The number of esters is 1. The highest BCUT2D eigenvalue weighted by Crippen LogP contribution is 2.38. The van der Waals surface area contributed by atoms with Crippen molar-refractivity contribution in [2.45, 2.75) is 91.4 Å². The molecule has 0 aliphatic heterocycles. The first kappa shape index (κ1) is 33.4. The Kier molecular flexibility index (Phi) is 16.2. The fourth-order valence-corrected chi connectivity index (χ4v) is 5.34. The van der Waals surface area contributed by atoms with Gasteiger partial charge in [-0.25, -0.2) is 0 Å². The Hall–Kier alpha value is -1.55. The molecule has 0 heterocycles. The average Bonchev–Trinajstić information content (AvgIpc) is 2.76. The first-order valence-corrected chi connectivity index (χ1v) is 14.5. The van der Waals surface area contributed by atoms with Crippen molar-refractivity contribution in [2.75, 3.05) is 26.0 Å². The molecule has 0 spiro atoms. The summed E-state index contributed by atoms with van der Waals surface area (Å²) in [6.07, 6.45) is 2.12. The molecular weight excluding hydrogens is 488 g/mol. The van der Waals surface area contributed by atoms with Gasteiger partial charge < -0.3 is 15.0 Å². The Morgan fingerprint density at radius 1 is 0.943 bits per heavy atom. The number of hydrogen-bond acceptors (Lipinski definition) is 8. The molecule has 0 fully saturated rings. The van der Waals surface area contributed by atoms with E-state index in [2.05, 4.69) is 19.2 Å². The van der Waals surface area contributed by atoms with Crippen LogP contribution >= 0.6 is 21.6 Å². The topological polar surface area (TPSA) is 110 Å². The van der Waals surface area contributed by atoms with Gasteiger partial charge in [-0.05, 0) is 33.6 Å². The second-order valence-corrected chi connectivity index (χ2v) is 13.1. The van der Waals surface area contributed by atoms with Crippen LogP contribution in [0.25, 0.3) is 0 Å². The number of amides is 2. The zero-order chi connectivity index (χ0) is 27.2. The molecule has 202 valence electrons. The second-order valence-electron chi connectivity index (χ2n) is 9.98. The zero-order valence-corrected chi connectivity index (χ0v) is 24.2. The molecule has 0 aromatic carbocycles. The number of nitrogens with one attached hydrogen (secondary N) is 1. The molecule has 0 aromatic rings. The maximum Gasteiger partial charge on any atom is 0.308 e. The lowest BCUT2D eigenvalue weighted by molar-refractivity contribution is -0.146. The van der Waals surface area contributed by atoms with E-state index in [1.807, 2.05) is 0 Å². The number of carbonyl (C=O) groups excluding carboxylic acids is 5. The lowest BCUT2D eigenvalue weighted by Crippen LogP contribution is -2.45. The lowest BCUT2D eigenvalue weighted by Gasteiger charge is -2.23. The Morgan fingerprint density at radius 2 is 1.57 bits per heavy atom. The van der Waals surface area contributed by atoms with Crippen molar-refractivity contribution in [3.8, 4) is 0 Å². The molecule has 10 heteroatoms. The van der Waals surface area contributed by atoms with E-state index in [0.29, 0.717) is 31.6 Å². The minimum atomic E-state index is -0.591. The van der Waals surface area contributed by atoms with E-state index >= 15 is 0 Å². The fraction of sp³-hybridized carbons (Fsp3) is 0.800. The lowest BCUT2D eigenvalue weighted by atomic mass is 10.0. The molecule has 0 aliphatic rings. The third kappa shape index (κ3) is 15.9. The van der Waals surface area contributed by atoms with Crippen molar-refractivity contribution in [1.82, 2.24) is 10.2 Å². The van der Waals surface area contributed by atoms with Crippen molar-refractivity contribution in [2.24, 2.45) is 11.8 Å². The van der Waals surface area contributed by atoms with Crippen LogP contribution < -0.4 is 5.32 Å². The van der Waals surface area contributed by atoms with Crippen LogP contribution in [0.4, 0.5) is 0 Å². The van der Waals surface area contributed by atoms with Crippen LogP contribution in [0.2, 0.25) is 0 Å². The highest BCUT2D eigenvalue weighted by Gasteiger charge is 2.22. The molecule has 0 aromatic heterocycles. The Balaban J connectivity index is 4.12. The molecule has 35 heavy (non-hydrogen) atoms. The van der Waals surface area contributed by atoms with E-state index in [4.69, 9.17) is 4.74 Å². The summed E-state index contributed by atoms with van der Waals surface area (Å²) in [5.41, 5.74) is 0. The van der Waals surface area contributed by atoms with E-state index in [0.717, 1.165) is 6.42 Å². The van der Waals surface area contributed by atoms with Crippen molar-refractivity contribution in [3.05, 3.63) is 0 Å². The maximum atomic E-state index is 12.3. The number of ether oxygens (including phenoxy) is 1. The molecule has 0 saturated heterocycles. The molecule has 0 rings (SSSR count). The second kappa shape index (κ2) is 17.0. The monoisotopic (exact) mass is 532 g/mol. The van der Waals surface area contributed by atoms with Crippen LogP contribution in [0, 0.1) is 11.8 Å². The van der Waals surface area contributed by atoms with Gasteiger partial charge in [0.15, 0.2) is 5.78 Å². The number of rotatable bonds is 18. The quantitative estimate of drug-likeness (QED) is 0.160. The number of hydrogen-bond donors (Lipinski definition) is 1. The predicted octanol–water partition coefficient (Wildman–Crippen LogP) is 4.05. The number of ketones is 2. The van der Waals surface area contributed by atoms with Crippen LogP contribution in [0.1, 0.15) is 80.6 Å². The summed E-state index contributed by atoms with van der Waals surface area (Å²) >= 11 is 0. The average molecular weight is 533 g/mol. The Morgan fingerprint density at radius 3 is 2.14 bits per heavy atom. The molecule has 0 bridgehead atoms. The summed E-state index contributed by atoms with van der Waals surface area (Å²) in [6.45, 7) is 13.2. The van der Waals surface area contributed by atoms with Gasteiger partial charge in [0, 0.05) is 42.7 Å². The molecule has 1 N–H and O–H groups in total. The van der Waals surface area contributed by atoms with Gasteiger partial charge in [0.1, 0.15) is 12.4 Å². The molecular formula is C25H44N2O6S2. The van der Waals surface area contributed by atoms with Gasteiger partial charge in [0.05, 0.1) is 18.5 Å². The smallest absolute Gasteiger partial charge is 0.308 e. The maximum absolute atomic E-state index is 12.3. The molecule has 8 nitrogen and oxygen atoms in total. The third-order valence-corrected chi connectivity index (χ3v) is 8.51. The van der Waals surface area contributed by atoms with E-state index in [1.165, 1.54) is 4.90 Å². The van der Waals surface area contributed by atoms with Crippen molar-refractivity contribution in [1.29, 1.82) is 0 Å². The van der Waals surface area contributed by atoms with Crippen molar-refractivity contribution in [3.63, 3.8) is 0 Å². The van der Waals surface area contributed by atoms with Crippen LogP contribution in [0.15, 0.2) is 0 Å². The Bertz CT molecular complexity index is 725. The van der Waals surface area contributed by atoms with Crippen LogP contribution in [0.3, 0.4) is 0 Å². The summed E-state index contributed by atoms with van der Waals surface area (Å²) < 4.78 is 5.06. The third-order valence-electron chi connectivity index (χ3n) is 5.20. The van der Waals surface area contributed by atoms with E-state index in [9.17, 15) is 24.0 Å². The van der Waals surface area contributed by atoms with E-state index < -0.39 is 6.04 Å². The fourth-order valence-electron chi connectivity index (χ4n) is 2.94. The number of Topliss-reactive ketones (excluding diaryl/α,β-unsaturated/α-hetero) is 2. The minimum Gasteiger partial charge on any atom is -0.465 e. The summed E-state index contributed by atoms with van der Waals surface area (Å²) in [5.74, 6) is -0.327. The molecule has 0 unspecified atom stereocenters. The minimum absolute atomic E-state index is 0.0573. The zero-order valence-electron chi connectivity index (χ0n) is 22.6. The van der Waals surface area contributed by atoms with Gasteiger partial charge in [0.25, 0.3) is 0 Å². The highest BCUT2D eigenvalue weighted by molar-refractivity contribution is 8.77. The van der Waals surface area contributed by atoms with E-state index in [-0.39, 0.29) is 58.9 Å². The van der Waals surface area contributed by atoms with Gasteiger partial charge in [-0.1, -0.05) is 49.3 Å². The number of nitrogens with zero attached hydrogens (tertiary/aromatic N) is 1. The van der Waals surface area contributed by atoms with Crippen molar-refractivity contribution < 1.29 is 28.7 Å². The number of likely N-dealkylation sites (N-methyl/N-ethyl adjacent to an activating group) is 1. The van der Waals surface area contributed by atoms with Gasteiger partial charge in [0.2, 0.25) is 11.8 Å². The first-order valence-electron chi connectivity index (χ1n) is 12.2. The molecule has 0 saturated carbocycles. The van der Waals surface area contributed by atoms with Crippen molar-refractivity contribution >= 4 is 50.9 Å².